The topological polar surface area (TPSA) is 48.3 Å². The van der Waals surface area contributed by atoms with Gasteiger partial charge in [-0.25, -0.2) is 4.68 Å². The van der Waals surface area contributed by atoms with Gasteiger partial charge < -0.3 is 14.8 Å². The number of methoxy groups -OCH3 is 1. The lowest BCUT2D eigenvalue weighted by Crippen LogP contribution is -2.16. The molecule has 1 aromatic carbocycles. The van der Waals surface area contributed by atoms with Crippen LogP contribution in [0.15, 0.2) is 24.3 Å². The van der Waals surface area contributed by atoms with Gasteiger partial charge in [-0.05, 0) is 38.1 Å². The summed E-state index contributed by atoms with van der Waals surface area (Å²) in [4.78, 5) is 0. The third-order valence-corrected chi connectivity index (χ3v) is 5.03. The molecule has 0 amide bonds. The van der Waals surface area contributed by atoms with Gasteiger partial charge in [-0.15, -0.1) is 0 Å². The molecule has 25 heavy (non-hydrogen) atoms. The summed E-state index contributed by atoms with van der Waals surface area (Å²) < 4.78 is 13.5. The highest BCUT2D eigenvalue weighted by molar-refractivity contribution is 6.31. The summed E-state index contributed by atoms with van der Waals surface area (Å²) >= 11 is 6.29. The SMILES string of the molecule is CNCc1cc(OCc2cc(OC)ccc2Cl)n(C2CCCCC2)n1. The molecule has 0 radical (unpaired) electrons. The summed E-state index contributed by atoms with van der Waals surface area (Å²) in [6, 6.07) is 8.06. The predicted octanol–water partition coefficient (Wildman–Crippen LogP) is 4.35. The van der Waals surface area contributed by atoms with E-state index in [4.69, 9.17) is 26.2 Å². The molecule has 6 heteroatoms. The van der Waals surface area contributed by atoms with Crippen LogP contribution in [0.4, 0.5) is 0 Å². The van der Waals surface area contributed by atoms with Crippen molar-refractivity contribution in [3.8, 4) is 11.6 Å². The van der Waals surface area contributed by atoms with E-state index in [9.17, 15) is 0 Å². The Morgan fingerprint density at radius 2 is 2.04 bits per heavy atom. The maximum atomic E-state index is 6.29. The first kappa shape index (κ1) is 18.1. The number of rotatable bonds is 7. The first-order valence-corrected chi connectivity index (χ1v) is 9.27. The zero-order valence-electron chi connectivity index (χ0n) is 14.9. The number of ether oxygens (including phenoxy) is 2. The lowest BCUT2D eigenvalue weighted by atomic mass is 9.96. The molecule has 0 spiro atoms. The van der Waals surface area contributed by atoms with E-state index in [2.05, 4.69) is 10.00 Å². The monoisotopic (exact) mass is 363 g/mol. The maximum Gasteiger partial charge on any atom is 0.212 e. The summed E-state index contributed by atoms with van der Waals surface area (Å²) in [5.74, 6) is 1.59. The van der Waals surface area contributed by atoms with E-state index in [1.54, 1.807) is 7.11 Å². The Kier molecular flexibility index (Phi) is 6.21. The fraction of sp³-hybridized carbons (Fsp3) is 0.526. The molecule has 0 bridgehead atoms. The van der Waals surface area contributed by atoms with Crippen molar-refractivity contribution < 1.29 is 9.47 Å². The Morgan fingerprint density at radius 1 is 1.24 bits per heavy atom. The third kappa shape index (κ3) is 4.47. The van der Waals surface area contributed by atoms with Crippen molar-refractivity contribution in [2.24, 2.45) is 0 Å². The Morgan fingerprint density at radius 3 is 2.76 bits per heavy atom. The fourth-order valence-electron chi connectivity index (χ4n) is 3.33. The van der Waals surface area contributed by atoms with Gasteiger partial charge in [0.1, 0.15) is 12.4 Å². The zero-order chi connectivity index (χ0) is 17.6. The van der Waals surface area contributed by atoms with Gasteiger partial charge in [-0.3, -0.25) is 0 Å². The molecule has 1 N–H and O–H groups in total. The minimum Gasteiger partial charge on any atom is -0.497 e. The molecule has 0 atom stereocenters. The van der Waals surface area contributed by atoms with E-state index in [1.807, 2.05) is 31.3 Å². The molecule has 1 saturated carbocycles. The van der Waals surface area contributed by atoms with Crippen LogP contribution in [0.25, 0.3) is 0 Å². The van der Waals surface area contributed by atoms with Crippen LogP contribution in [0, 0.1) is 0 Å². The molecule has 2 aromatic rings. The smallest absolute Gasteiger partial charge is 0.212 e. The second-order valence-corrected chi connectivity index (χ2v) is 6.89. The van der Waals surface area contributed by atoms with E-state index in [0.717, 1.165) is 42.3 Å². The molecule has 1 aromatic heterocycles. The molecule has 1 aliphatic carbocycles. The summed E-state index contributed by atoms with van der Waals surface area (Å²) in [6.07, 6.45) is 6.16. The summed E-state index contributed by atoms with van der Waals surface area (Å²) in [5, 5.41) is 8.60. The first-order chi connectivity index (χ1) is 12.2. The van der Waals surface area contributed by atoms with Crippen LogP contribution in [0.3, 0.4) is 0 Å². The van der Waals surface area contributed by atoms with Gasteiger partial charge >= 0.3 is 0 Å². The number of aromatic nitrogens is 2. The minimum absolute atomic E-state index is 0.396. The Labute approximate surface area is 154 Å². The van der Waals surface area contributed by atoms with Crippen LogP contribution in [-0.4, -0.2) is 23.9 Å². The second-order valence-electron chi connectivity index (χ2n) is 6.49. The number of halogens is 1. The van der Waals surface area contributed by atoms with Gasteiger partial charge in [-0.1, -0.05) is 30.9 Å². The standard InChI is InChI=1S/C19H26ClN3O2/c1-21-12-15-11-19(23(22-15)16-6-4-3-5-7-16)25-13-14-10-17(24-2)8-9-18(14)20/h8-11,16,21H,3-7,12-13H2,1-2H3. The van der Waals surface area contributed by atoms with Crippen LogP contribution in [-0.2, 0) is 13.2 Å². The summed E-state index contributed by atoms with van der Waals surface area (Å²) in [7, 11) is 3.58. The average Bonchev–Trinajstić information content (AvgIpc) is 3.05. The first-order valence-electron chi connectivity index (χ1n) is 8.89. The Hall–Kier alpha value is -1.72. The quantitative estimate of drug-likeness (QED) is 0.794. The molecule has 5 nitrogen and oxygen atoms in total. The van der Waals surface area contributed by atoms with Crippen LogP contribution in [0.2, 0.25) is 5.02 Å². The molecule has 136 valence electrons. The summed E-state index contributed by atoms with van der Waals surface area (Å²) in [6.45, 7) is 1.13. The average molecular weight is 364 g/mol. The molecule has 1 fully saturated rings. The Balaban J connectivity index is 1.78. The van der Waals surface area contributed by atoms with Crippen molar-refractivity contribution >= 4 is 11.6 Å². The largest absolute Gasteiger partial charge is 0.497 e. The van der Waals surface area contributed by atoms with Crippen LogP contribution >= 0.6 is 11.6 Å². The van der Waals surface area contributed by atoms with Crippen molar-refractivity contribution in [2.75, 3.05) is 14.2 Å². The molecule has 0 saturated heterocycles. The predicted molar refractivity (Wildman–Crippen MR) is 99.4 cm³/mol. The minimum atomic E-state index is 0.396. The maximum absolute atomic E-state index is 6.29. The number of hydrogen-bond donors (Lipinski definition) is 1. The number of benzene rings is 1. The number of nitrogens with zero attached hydrogens (tertiary/aromatic N) is 2. The molecule has 0 aliphatic heterocycles. The van der Waals surface area contributed by atoms with E-state index in [-0.39, 0.29) is 0 Å². The lowest BCUT2D eigenvalue weighted by Gasteiger charge is -2.23. The normalized spacial score (nSPS) is 15.3. The third-order valence-electron chi connectivity index (χ3n) is 4.66. The molecule has 1 heterocycles. The van der Waals surface area contributed by atoms with Gasteiger partial charge in [0.2, 0.25) is 5.88 Å². The van der Waals surface area contributed by atoms with Gasteiger partial charge in [0.15, 0.2) is 0 Å². The number of hydrogen-bond acceptors (Lipinski definition) is 4. The van der Waals surface area contributed by atoms with Crippen molar-refractivity contribution in [1.82, 2.24) is 15.1 Å². The second kappa shape index (κ2) is 8.59. The van der Waals surface area contributed by atoms with Gasteiger partial charge in [0.25, 0.3) is 0 Å². The molecule has 1 aliphatic rings. The van der Waals surface area contributed by atoms with E-state index in [1.165, 1.54) is 19.3 Å². The van der Waals surface area contributed by atoms with Crippen molar-refractivity contribution in [1.29, 1.82) is 0 Å². The highest BCUT2D eigenvalue weighted by Crippen LogP contribution is 2.32. The van der Waals surface area contributed by atoms with Crippen molar-refractivity contribution in [3.05, 3.63) is 40.5 Å². The van der Waals surface area contributed by atoms with Crippen LogP contribution in [0.5, 0.6) is 11.6 Å². The van der Waals surface area contributed by atoms with Gasteiger partial charge in [0.05, 0.1) is 18.8 Å². The molecule has 0 unspecified atom stereocenters. The highest BCUT2D eigenvalue weighted by atomic mass is 35.5. The van der Waals surface area contributed by atoms with E-state index in [0.29, 0.717) is 17.7 Å². The van der Waals surface area contributed by atoms with Gasteiger partial charge in [0, 0.05) is 23.2 Å². The highest BCUT2D eigenvalue weighted by Gasteiger charge is 2.21. The van der Waals surface area contributed by atoms with Crippen molar-refractivity contribution in [3.63, 3.8) is 0 Å². The van der Waals surface area contributed by atoms with E-state index < -0.39 is 0 Å². The van der Waals surface area contributed by atoms with Gasteiger partial charge in [-0.2, -0.15) is 5.10 Å². The Bertz CT molecular complexity index is 696. The van der Waals surface area contributed by atoms with E-state index >= 15 is 0 Å². The van der Waals surface area contributed by atoms with Crippen molar-refractivity contribution in [2.45, 2.75) is 51.3 Å². The molecular formula is C19H26ClN3O2. The molecular weight excluding hydrogens is 338 g/mol. The summed E-state index contributed by atoms with van der Waals surface area (Å²) in [5.41, 5.74) is 1.91. The lowest BCUT2D eigenvalue weighted by molar-refractivity contribution is 0.237. The van der Waals surface area contributed by atoms with Crippen LogP contribution < -0.4 is 14.8 Å². The number of nitrogens with one attached hydrogen (secondary N) is 1. The zero-order valence-corrected chi connectivity index (χ0v) is 15.7. The van der Waals surface area contributed by atoms with Crippen LogP contribution in [0.1, 0.15) is 49.4 Å². The fourth-order valence-corrected chi connectivity index (χ4v) is 3.50. The molecule has 3 rings (SSSR count).